The number of carbonyl (C=O) groups is 1. The van der Waals surface area contributed by atoms with Crippen molar-refractivity contribution in [2.24, 2.45) is 0 Å². The van der Waals surface area contributed by atoms with Crippen LogP contribution in [0.4, 0.5) is 0 Å². The van der Waals surface area contributed by atoms with E-state index in [0.717, 1.165) is 17.1 Å². The quantitative estimate of drug-likeness (QED) is 0.760. The molecule has 0 fully saturated rings. The number of aliphatic hydroxyl groups is 1. The number of aromatic nitrogens is 1. The molecular formula is C12H18N2O2S. The summed E-state index contributed by atoms with van der Waals surface area (Å²) in [5.74, 6) is -0.143. The van der Waals surface area contributed by atoms with Crippen LogP contribution in [0.15, 0.2) is 11.5 Å². The van der Waals surface area contributed by atoms with E-state index >= 15 is 0 Å². The van der Waals surface area contributed by atoms with Gasteiger partial charge in [0.05, 0.1) is 10.7 Å². The minimum absolute atomic E-state index is 0.0364. The third-order valence-corrected chi connectivity index (χ3v) is 3.15. The van der Waals surface area contributed by atoms with Gasteiger partial charge in [0, 0.05) is 24.1 Å². The molecule has 0 saturated heterocycles. The summed E-state index contributed by atoms with van der Waals surface area (Å²) in [5, 5.41) is 14.5. The maximum Gasteiger partial charge on any atom is 0.244 e. The van der Waals surface area contributed by atoms with Crippen LogP contribution in [0, 0.1) is 6.92 Å². The second-order valence-corrected chi connectivity index (χ2v) is 4.81. The number of amides is 1. The predicted octanol–water partition coefficient (Wildman–Crippen LogP) is 1.74. The standard InChI is InChI=1S/C12H18N2O2S/c1-3-10(6-7-15)14-12(16)5-4-11-8-17-9(2)13-11/h4-5,8,10,15H,3,6-7H2,1-2H3,(H,14,16)/b5-4+. The molecule has 0 bridgehead atoms. The molecule has 1 unspecified atom stereocenters. The van der Waals surface area contributed by atoms with Crippen molar-refractivity contribution in [2.75, 3.05) is 6.61 Å². The molecule has 0 aromatic carbocycles. The van der Waals surface area contributed by atoms with Crippen molar-refractivity contribution in [3.05, 3.63) is 22.2 Å². The van der Waals surface area contributed by atoms with Crippen LogP contribution in [-0.2, 0) is 4.79 Å². The van der Waals surface area contributed by atoms with Crippen molar-refractivity contribution in [3.8, 4) is 0 Å². The minimum Gasteiger partial charge on any atom is -0.396 e. The van der Waals surface area contributed by atoms with E-state index in [4.69, 9.17) is 5.11 Å². The Bertz CT molecular complexity index is 388. The maximum absolute atomic E-state index is 11.6. The first-order chi connectivity index (χ1) is 8.15. The van der Waals surface area contributed by atoms with Crippen molar-refractivity contribution in [1.29, 1.82) is 0 Å². The van der Waals surface area contributed by atoms with Crippen LogP contribution >= 0.6 is 11.3 Å². The zero-order valence-electron chi connectivity index (χ0n) is 10.1. The van der Waals surface area contributed by atoms with Crippen LogP contribution in [0.1, 0.15) is 30.5 Å². The normalized spacial score (nSPS) is 12.9. The molecule has 0 aliphatic rings. The van der Waals surface area contributed by atoms with Gasteiger partial charge in [0.25, 0.3) is 0 Å². The Kier molecular flexibility index (Phi) is 5.86. The Labute approximate surface area is 105 Å². The van der Waals surface area contributed by atoms with Crippen LogP contribution in [0.3, 0.4) is 0 Å². The molecule has 1 aromatic rings. The summed E-state index contributed by atoms with van der Waals surface area (Å²) >= 11 is 1.56. The third-order valence-electron chi connectivity index (χ3n) is 2.36. The van der Waals surface area contributed by atoms with Crippen molar-refractivity contribution < 1.29 is 9.90 Å². The van der Waals surface area contributed by atoms with Crippen molar-refractivity contribution >= 4 is 23.3 Å². The molecule has 4 nitrogen and oxygen atoms in total. The molecule has 1 heterocycles. The Balaban J connectivity index is 2.45. The molecule has 1 amide bonds. The highest BCUT2D eigenvalue weighted by Crippen LogP contribution is 2.09. The maximum atomic E-state index is 11.6. The van der Waals surface area contributed by atoms with E-state index in [1.54, 1.807) is 17.4 Å². The molecule has 1 atom stereocenters. The zero-order valence-corrected chi connectivity index (χ0v) is 11.0. The summed E-state index contributed by atoms with van der Waals surface area (Å²) in [6, 6.07) is 0.0364. The van der Waals surface area contributed by atoms with E-state index < -0.39 is 0 Å². The second-order valence-electron chi connectivity index (χ2n) is 3.75. The van der Waals surface area contributed by atoms with Gasteiger partial charge in [0.2, 0.25) is 5.91 Å². The molecule has 2 N–H and O–H groups in total. The fraction of sp³-hybridized carbons (Fsp3) is 0.500. The van der Waals surface area contributed by atoms with E-state index in [-0.39, 0.29) is 18.6 Å². The zero-order chi connectivity index (χ0) is 12.7. The van der Waals surface area contributed by atoms with Crippen LogP contribution in [0.25, 0.3) is 6.08 Å². The number of aryl methyl sites for hydroxylation is 1. The third kappa shape index (κ3) is 5.10. The summed E-state index contributed by atoms with van der Waals surface area (Å²) in [4.78, 5) is 15.8. The number of thiazole rings is 1. The molecule has 0 saturated carbocycles. The highest BCUT2D eigenvalue weighted by Gasteiger charge is 2.07. The van der Waals surface area contributed by atoms with Gasteiger partial charge in [0.15, 0.2) is 0 Å². The number of nitrogens with one attached hydrogen (secondary N) is 1. The van der Waals surface area contributed by atoms with Crippen molar-refractivity contribution in [2.45, 2.75) is 32.7 Å². The molecule has 1 aromatic heterocycles. The SMILES string of the molecule is CCC(CCO)NC(=O)/C=C/c1csc(C)n1. The van der Waals surface area contributed by atoms with Crippen LogP contribution in [-0.4, -0.2) is 28.6 Å². The fourth-order valence-electron chi connectivity index (χ4n) is 1.40. The predicted molar refractivity (Wildman–Crippen MR) is 69.8 cm³/mol. The smallest absolute Gasteiger partial charge is 0.244 e. The van der Waals surface area contributed by atoms with Gasteiger partial charge in [-0.25, -0.2) is 4.98 Å². The number of hydrogen-bond donors (Lipinski definition) is 2. The van der Waals surface area contributed by atoms with Crippen LogP contribution in [0.2, 0.25) is 0 Å². The van der Waals surface area contributed by atoms with Gasteiger partial charge >= 0.3 is 0 Å². The lowest BCUT2D eigenvalue weighted by Crippen LogP contribution is -2.33. The Morgan fingerprint density at radius 1 is 1.71 bits per heavy atom. The number of aliphatic hydroxyl groups excluding tert-OH is 1. The summed E-state index contributed by atoms with van der Waals surface area (Å²) in [7, 11) is 0. The largest absolute Gasteiger partial charge is 0.396 e. The van der Waals surface area contributed by atoms with Gasteiger partial charge in [-0.3, -0.25) is 4.79 Å². The summed E-state index contributed by atoms with van der Waals surface area (Å²) in [6.07, 6.45) is 4.58. The van der Waals surface area contributed by atoms with Gasteiger partial charge in [-0.2, -0.15) is 0 Å². The van der Waals surface area contributed by atoms with Gasteiger partial charge in [-0.05, 0) is 25.8 Å². The molecular weight excluding hydrogens is 236 g/mol. The first kappa shape index (κ1) is 13.9. The summed E-state index contributed by atoms with van der Waals surface area (Å²) in [6.45, 7) is 4.00. The van der Waals surface area contributed by atoms with Gasteiger partial charge in [-0.15, -0.1) is 11.3 Å². The van der Waals surface area contributed by atoms with E-state index in [0.29, 0.717) is 6.42 Å². The average Bonchev–Trinajstić information content (AvgIpc) is 2.72. The Morgan fingerprint density at radius 3 is 3.00 bits per heavy atom. The molecule has 17 heavy (non-hydrogen) atoms. The molecule has 1 rings (SSSR count). The molecule has 0 aliphatic heterocycles. The second kappa shape index (κ2) is 7.19. The van der Waals surface area contributed by atoms with Gasteiger partial charge in [0.1, 0.15) is 0 Å². The van der Waals surface area contributed by atoms with Crippen LogP contribution in [0.5, 0.6) is 0 Å². The molecule has 0 spiro atoms. The van der Waals surface area contributed by atoms with Crippen molar-refractivity contribution in [3.63, 3.8) is 0 Å². The van der Waals surface area contributed by atoms with E-state index in [9.17, 15) is 4.79 Å². The van der Waals surface area contributed by atoms with Gasteiger partial charge in [-0.1, -0.05) is 6.92 Å². The molecule has 5 heteroatoms. The average molecular weight is 254 g/mol. The van der Waals surface area contributed by atoms with E-state index in [1.807, 2.05) is 19.2 Å². The summed E-state index contributed by atoms with van der Waals surface area (Å²) in [5.41, 5.74) is 0.804. The van der Waals surface area contributed by atoms with E-state index in [2.05, 4.69) is 10.3 Å². The summed E-state index contributed by atoms with van der Waals surface area (Å²) < 4.78 is 0. The molecule has 94 valence electrons. The molecule has 0 radical (unpaired) electrons. The van der Waals surface area contributed by atoms with Crippen molar-refractivity contribution in [1.82, 2.24) is 10.3 Å². The number of nitrogens with zero attached hydrogens (tertiary/aromatic N) is 1. The molecule has 0 aliphatic carbocycles. The highest BCUT2D eigenvalue weighted by molar-refractivity contribution is 7.09. The number of carbonyl (C=O) groups excluding carboxylic acids is 1. The number of hydrogen-bond acceptors (Lipinski definition) is 4. The fourth-order valence-corrected chi connectivity index (χ4v) is 1.98. The topological polar surface area (TPSA) is 62.2 Å². The Morgan fingerprint density at radius 2 is 2.47 bits per heavy atom. The van der Waals surface area contributed by atoms with Gasteiger partial charge < -0.3 is 10.4 Å². The monoisotopic (exact) mass is 254 g/mol. The first-order valence-electron chi connectivity index (χ1n) is 5.67. The lowest BCUT2D eigenvalue weighted by atomic mass is 10.1. The highest BCUT2D eigenvalue weighted by atomic mass is 32.1. The number of rotatable bonds is 6. The lowest BCUT2D eigenvalue weighted by Gasteiger charge is -2.13. The lowest BCUT2D eigenvalue weighted by molar-refractivity contribution is -0.117. The first-order valence-corrected chi connectivity index (χ1v) is 6.55. The minimum atomic E-state index is -0.143. The Hall–Kier alpha value is -1.20. The van der Waals surface area contributed by atoms with E-state index in [1.165, 1.54) is 6.08 Å². The van der Waals surface area contributed by atoms with Crippen LogP contribution < -0.4 is 5.32 Å².